The highest BCUT2D eigenvalue weighted by Gasteiger charge is 2.41. The Kier molecular flexibility index (Phi) is 4.10. The summed E-state index contributed by atoms with van der Waals surface area (Å²) in [6.07, 6.45) is 6.55. The number of anilines is 1. The molecule has 2 atom stereocenters. The maximum Gasteiger partial charge on any atom is 0.117 e. The van der Waals surface area contributed by atoms with Crippen LogP contribution in [0.25, 0.3) is 10.8 Å². The Morgan fingerprint density at radius 1 is 1.00 bits per heavy atom. The molecule has 2 aliphatic heterocycles. The summed E-state index contributed by atoms with van der Waals surface area (Å²) in [5, 5.41) is 15.4. The van der Waals surface area contributed by atoms with E-state index in [-0.39, 0.29) is 0 Å². The molecule has 3 heterocycles. The third-order valence-corrected chi connectivity index (χ3v) is 6.18. The smallest absolute Gasteiger partial charge is 0.117 e. The number of benzene rings is 2. The van der Waals surface area contributed by atoms with Crippen LogP contribution >= 0.6 is 0 Å². The van der Waals surface area contributed by atoms with Crippen molar-refractivity contribution in [1.82, 2.24) is 5.32 Å². The van der Waals surface area contributed by atoms with E-state index in [2.05, 4.69) is 40.6 Å². The van der Waals surface area contributed by atoms with E-state index in [1.165, 1.54) is 23.9 Å². The number of hydrogen-bond donors (Lipinski definition) is 1. The van der Waals surface area contributed by atoms with Crippen LogP contribution in [0.4, 0.5) is 5.69 Å². The van der Waals surface area contributed by atoms with Gasteiger partial charge in [-0.2, -0.15) is 5.26 Å². The van der Waals surface area contributed by atoms with Gasteiger partial charge in [0.15, 0.2) is 0 Å². The van der Waals surface area contributed by atoms with Crippen LogP contribution in [0.5, 0.6) is 0 Å². The Morgan fingerprint density at radius 3 is 2.48 bits per heavy atom. The minimum atomic E-state index is 0.536. The monoisotopic (exact) mass is 357 g/mol. The van der Waals surface area contributed by atoms with Crippen LogP contribution in [0.3, 0.4) is 0 Å². The van der Waals surface area contributed by atoms with Gasteiger partial charge >= 0.3 is 0 Å². The molecule has 2 saturated heterocycles. The molecule has 0 aliphatic carbocycles. The molecular formula is C23H23N3O. The van der Waals surface area contributed by atoms with Gasteiger partial charge in [-0.05, 0) is 49.9 Å². The van der Waals surface area contributed by atoms with Crippen LogP contribution in [0.1, 0.15) is 37.0 Å². The molecule has 2 fully saturated rings. The molecule has 0 saturated carbocycles. The molecular weight excluding hydrogens is 334 g/mol. The van der Waals surface area contributed by atoms with Crippen LogP contribution in [-0.4, -0.2) is 18.1 Å². The second-order valence-corrected chi connectivity index (χ2v) is 7.71. The summed E-state index contributed by atoms with van der Waals surface area (Å²) in [7, 11) is 0. The summed E-state index contributed by atoms with van der Waals surface area (Å²) in [6, 6.07) is 20.4. The van der Waals surface area contributed by atoms with E-state index in [4.69, 9.17) is 4.42 Å². The van der Waals surface area contributed by atoms with E-state index in [1.807, 2.05) is 24.3 Å². The number of nitrogens with one attached hydrogen (secondary N) is 1. The standard InChI is InChI=1S/C23H23N3O/c24-14-16-7-10-23(22-6-2-1-5-21(16)22)26-18-8-9-19(26)13-17(12-18)25-15-20-4-3-11-27-20/h1-7,10-11,17-19,25H,8-9,12-13,15H2. The minimum Gasteiger partial charge on any atom is -0.468 e. The summed E-state index contributed by atoms with van der Waals surface area (Å²) in [5.41, 5.74) is 2.05. The average molecular weight is 357 g/mol. The van der Waals surface area contributed by atoms with Crippen molar-refractivity contribution >= 4 is 16.5 Å². The van der Waals surface area contributed by atoms with E-state index < -0.39 is 0 Å². The van der Waals surface area contributed by atoms with Gasteiger partial charge in [0.25, 0.3) is 0 Å². The van der Waals surface area contributed by atoms with E-state index in [0.717, 1.165) is 36.1 Å². The second-order valence-electron chi connectivity index (χ2n) is 7.71. The fourth-order valence-electron chi connectivity index (χ4n) is 5.00. The van der Waals surface area contributed by atoms with Gasteiger partial charge in [-0.3, -0.25) is 0 Å². The Hall–Kier alpha value is -2.77. The molecule has 27 heavy (non-hydrogen) atoms. The molecule has 0 radical (unpaired) electrons. The van der Waals surface area contributed by atoms with Gasteiger partial charge < -0.3 is 14.6 Å². The lowest BCUT2D eigenvalue weighted by Gasteiger charge is -2.41. The lowest BCUT2D eigenvalue weighted by atomic mass is 9.94. The lowest BCUT2D eigenvalue weighted by molar-refractivity contribution is 0.342. The van der Waals surface area contributed by atoms with E-state index in [0.29, 0.717) is 18.1 Å². The van der Waals surface area contributed by atoms with Crippen molar-refractivity contribution in [2.45, 2.75) is 50.4 Å². The zero-order valence-corrected chi connectivity index (χ0v) is 15.3. The number of fused-ring (bicyclic) bond motifs is 3. The molecule has 2 aromatic carbocycles. The number of furan rings is 1. The van der Waals surface area contributed by atoms with Gasteiger partial charge in [0.1, 0.15) is 5.76 Å². The van der Waals surface area contributed by atoms with Crippen molar-refractivity contribution in [1.29, 1.82) is 5.26 Å². The normalized spacial score (nSPS) is 24.3. The van der Waals surface area contributed by atoms with E-state index >= 15 is 0 Å². The quantitative estimate of drug-likeness (QED) is 0.742. The van der Waals surface area contributed by atoms with E-state index in [1.54, 1.807) is 6.26 Å². The fraction of sp³-hybridized carbons (Fsp3) is 0.348. The van der Waals surface area contributed by atoms with E-state index in [9.17, 15) is 5.26 Å². The van der Waals surface area contributed by atoms with Crippen molar-refractivity contribution < 1.29 is 4.42 Å². The first-order chi connectivity index (χ1) is 13.3. The molecule has 2 bridgehead atoms. The van der Waals surface area contributed by atoms with Gasteiger partial charge in [-0.25, -0.2) is 0 Å². The highest BCUT2D eigenvalue weighted by molar-refractivity contribution is 5.98. The number of piperidine rings is 1. The Labute approximate surface area is 159 Å². The van der Waals surface area contributed by atoms with Crippen molar-refractivity contribution in [3.05, 3.63) is 66.1 Å². The number of hydrogen-bond acceptors (Lipinski definition) is 4. The van der Waals surface area contributed by atoms with Gasteiger partial charge in [-0.15, -0.1) is 0 Å². The first-order valence-corrected chi connectivity index (χ1v) is 9.79. The summed E-state index contributed by atoms with van der Waals surface area (Å²) in [4.78, 5) is 2.63. The minimum absolute atomic E-state index is 0.536. The summed E-state index contributed by atoms with van der Waals surface area (Å²) in [5.74, 6) is 1.00. The predicted octanol–water partition coefficient (Wildman–Crippen LogP) is 4.59. The van der Waals surface area contributed by atoms with Crippen molar-refractivity contribution in [3.63, 3.8) is 0 Å². The molecule has 5 rings (SSSR count). The van der Waals surface area contributed by atoms with Crippen LogP contribution in [0.2, 0.25) is 0 Å². The van der Waals surface area contributed by atoms with Crippen molar-refractivity contribution in [2.24, 2.45) is 0 Å². The maximum absolute atomic E-state index is 9.45. The number of nitrogens with zero attached hydrogens (tertiary/aromatic N) is 2. The summed E-state index contributed by atoms with van der Waals surface area (Å²) < 4.78 is 5.46. The van der Waals surface area contributed by atoms with Gasteiger partial charge in [-0.1, -0.05) is 24.3 Å². The Morgan fingerprint density at radius 2 is 1.78 bits per heavy atom. The maximum atomic E-state index is 9.45. The van der Waals surface area contributed by atoms with Gasteiger partial charge in [0, 0.05) is 34.6 Å². The van der Waals surface area contributed by atoms with Crippen LogP contribution < -0.4 is 10.2 Å². The first kappa shape index (κ1) is 16.4. The largest absolute Gasteiger partial charge is 0.468 e. The zero-order valence-electron chi connectivity index (χ0n) is 15.3. The highest BCUT2D eigenvalue weighted by atomic mass is 16.3. The van der Waals surface area contributed by atoms with Crippen molar-refractivity contribution in [2.75, 3.05) is 4.90 Å². The third-order valence-electron chi connectivity index (χ3n) is 6.18. The first-order valence-electron chi connectivity index (χ1n) is 9.79. The number of nitriles is 1. The summed E-state index contributed by atoms with van der Waals surface area (Å²) >= 11 is 0. The van der Waals surface area contributed by atoms with Crippen LogP contribution in [-0.2, 0) is 6.54 Å². The Bertz CT molecular complexity index is 975. The fourth-order valence-corrected chi connectivity index (χ4v) is 5.00. The Balaban J connectivity index is 1.40. The van der Waals surface area contributed by atoms with Gasteiger partial charge in [0.2, 0.25) is 0 Å². The molecule has 3 aromatic rings. The molecule has 0 amide bonds. The SMILES string of the molecule is N#Cc1ccc(N2C3CCC2CC(NCc2ccco2)C3)c2ccccc12. The second kappa shape index (κ2) is 6.75. The molecule has 1 N–H and O–H groups in total. The zero-order chi connectivity index (χ0) is 18.2. The molecule has 4 nitrogen and oxygen atoms in total. The molecule has 4 heteroatoms. The topological polar surface area (TPSA) is 52.2 Å². The molecule has 1 aromatic heterocycles. The molecule has 0 spiro atoms. The lowest BCUT2D eigenvalue weighted by Crippen LogP contribution is -2.49. The number of rotatable bonds is 4. The van der Waals surface area contributed by atoms with Crippen LogP contribution in [0.15, 0.2) is 59.2 Å². The van der Waals surface area contributed by atoms with Crippen molar-refractivity contribution in [3.8, 4) is 6.07 Å². The summed E-state index contributed by atoms with van der Waals surface area (Å²) in [6.45, 7) is 0.802. The van der Waals surface area contributed by atoms with Gasteiger partial charge in [0.05, 0.1) is 24.4 Å². The average Bonchev–Trinajstić information content (AvgIpc) is 3.31. The van der Waals surface area contributed by atoms with Crippen LogP contribution in [0, 0.1) is 11.3 Å². The third kappa shape index (κ3) is 2.89. The molecule has 136 valence electrons. The molecule has 2 unspecified atom stereocenters. The predicted molar refractivity (Wildman–Crippen MR) is 107 cm³/mol. The highest BCUT2D eigenvalue weighted by Crippen LogP contribution is 2.42. The molecule has 2 aliphatic rings.